The van der Waals surface area contributed by atoms with Crippen molar-refractivity contribution in [3.63, 3.8) is 0 Å². The second-order valence-corrected chi connectivity index (χ2v) is 4.98. The first-order valence-electron chi connectivity index (χ1n) is 6.60. The molecule has 1 heterocycles. The Kier molecular flexibility index (Phi) is 4.87. The lowest BCUT2D eigenvalue weighted by molar-refractivity contribution is -0.118. The SMILES string of the molecule is CC(=O)N/C=C1/CN(Cc2ccccc2)C(CF)C1O. The summed E-state index contributed by atoms with van der Waals surface area (Å²) in [7, 11) is 0. The van der Waals surface area contributed by atoms with Crippen LogP contribution in [0.15, 0.2) is 42.1 Å². The van der Waals surface area contributed by atoms with E-state index in [2.05, 4.69) is 5.32 Å². The number of alkyl halides is 1. The van der Waals surface area contributed by atoms with Crippen molar-refractivity contribution in [2.75, 3.05) is 13.2 Å². The van der Waals surface area contributed by atoms with Crippen LogP contribution in [0.1, 0.15) is 12.5 Å². The minimum Gasteiger partial charge on any atom is -0.387 e. The largest absolute Gasteiger partial charge is 0.387 e. The third-order valence-electron chi connectivity index (χ3n) is 3.45. The molecule has 2 N–H and O–H groups in total. The lowest BCUT2D eigenvalue weighted by atomic mass is 10.1. The van der Waals surface area contributed by atoms with Crippen molar-refractivity contribution in [3.05, 3.63) is 47.7 Å². The molecular weight excluding hydrogens is 259 g/mol. The van der Waals surface area contributed by atoms with E-state index in [1.165, 1.54) is 13.1 Å². The molecule has 0 saturated carbocycles. The molecule has 1 amide bonds. The third kappa shape index (κ3) is 3.43. The Balaban J connectivity index is 2.09. The standard InChI is InChI=1S/C15H19FN2O2/c1-11(19)17-8-13-10-18(14(7-16)15(13)20)9-12-5-3-2-4-6-12/h2-6,8,14-15,20H,7,9-10H2,1H3,(H,17,19)/b13-8-. The summed E-state index contributed by atoms with van der Waals surface area (Å²) in [6.07, 6.45) is 0.608. The van der Waals surface area contributed by atoms with Crippen molar-refractivity contribution in [3.8, 4) is 0 Å². The molecule has 1 fully saturated rings. The topological polar surface area (TPSA) is 52.6 Å². The average molecular weight is 278 g/mol. The van der Waals surface area contributed by atoms with E-state index in [0.717, 1.165) is 5.56 Å². The molecule has 0 aromatic heterocycles. The second kappa shape index (κ2) is 6.63. The van der Waals surface area contributed by atoms with Crippen LogP contribution in [-0.4, -0.2) is 41.3 Å². The Hall–Kier alpha value is -1.72. The second-order valence-electron chi connectivity index (χ2n) is 4.98. The molecule has 5 heteroatoms. The van der Waals surface area contributed by atoms with Crippen molar-refractivity contribution >= 4 is 5.91 Å². The summed E-state index contributed by atoms with van der Waals surface area (Å²) in [6, 6.07) is 9.17. The van der Waals surface area contributed by atoms with E-state index >= 15 is 0 Å². The van der Waals surface area contributed by atoms with Crippen LogP contribution in [0.2, 0.25) is 0 Å². The van der Waals surface area contributed by atoms with Gasteiger partial charge in [0.15, 0.2) is 0 Å². The van der Waals surface area contributed by atoms with Crippen LogP contribution < -0.4 is 5.32 Å². The molecule has 0 spiro atoms. The molecule has 1 aromatic rings. The number of aliphatic hydroxyl groups excluding tert-OH is 1. The predicted octanol–water partition coefficient (Wildman–Crippen LogP) is 1.22. The van der Waals surface area contributed by atoms with Gasteiger partial charge >= 0.3 is 0 Å². The summed E-state index contributed by atoms with van der Waals surface area (Å²) in [5, 5.41) is 12.6. The fourth-order valence-corrected chi connectivity index (χ4v) is 2.39. The van der Waals surface area contributed by atoms with E-state index in [4.69, 9.17) is 0 Å². The quantitative estimate of drug-likeness (QED) is 0.871. The van der Waals surface area contributed by atoms with Gasteiger partial charge in [0.05, 0.1) is 12.1 Å². The van der Waals surface area contributed by atoms with Crippen LogP contribution >= 0.6 is 0 Å². The third-order valence-corrected chi connectivity index (χ3v) is 3.45. The molecule has 1 aliphatic heterocycles. The maximum atomic E-state index is 13.2. The number of halogens is 1. The Morgan fingerprint density at radius 1 is 1.50 bits per heavy atom. The summed E-state index contributed by atoms with van der Waals surface area (Å²) >= 11 is 0. The van der Waals surface area contributed by atoms with E-state index in [-0.39, 0.29) is 5.91 Å². The number of amides is 1. The number of carbonyl (C=O) groups excluding carboxylic acids is 1. The summed E-state index contributed by atoms with van der Waals surface area (Å²) in [4.78, 5) is 12.8. The van der Waals surface area contributed by atoms with Gasteiger partial charge in [0.1, 0.15) is 6.67 Å². The van der Waals surface area contributed by atoms with Crippen LogP contribution in [0.25, 0.3) is 0 Å². The van der Waals surface area contributed by atoms with Gasteiger partial charge in [0.25, 0.3) is 0 Å². The molecule has 1 aliphatic rings. The first-order chi connectivity index (χ1) is 9.61. The van der Waals surface area contributed by atoms with Crippen molar-refractivity contribution in [1.82, 2.24) is 10.2 Å². The number of benzene rings is 1. The molecule has 1 aromatic carbocycles. The average Bonchev–Trinajstić information content (AvgIpc) is 2.73. The van der Waals surface area contributed by atoms with E-state index in [1.54, 1.807) is 0 Å². The zero-order chi connectivity index (χ0) is 14.5. The van der Waals surface area contributed by atoms with Gasteiger partial charge in [-0.1, -0.05) is 30.3 Å². The van der Waals surface area contributed by atoms with Gasteiger partial charge in [-0.05, 0) is 11.1 Å². The Morgan fingerprint density at radius 2 is 2.20 bits per heavy atom. The monoisotopic (exact) mass is 278 g/mol. The zero-order valence-electron chi connectivity index (χ0n) is 11.4. The zero-order valence-corrected chi connectivity index (χ0v) is 11.4. The number of hydrogen-bond donors (Lipinski definition) is 2. The van der Waals surface area contributed by atoms with Crippen molar-refractivity contribution in [1.29, 1.82) is 0 Å². The highest BCUT2D eigenvalue weighted by atomic mass is 19.1. The van der Waals surface area contributed by atoms with Gasteiger partial charge in [0, 0.05) is 26.2 Å². The molecule has 20 heavy (non-hydrogen) atoms. The molecule has 0 radical (unpaired) electrons. The molecule has 108 valence electrons. The minimum atomic E-state index is -0.879. The summed E-state index contributed by atoms with van der Waals surface area (Å²) in [5.41, 5.74) is 1.71. The Bertz CT molecular complexity index is 490. The highest BCUT2D eigenvalue weighted by molar-refractivity contribution is 5.74. The minimum absolute atomic E-state index is 0.206. The maximum Gasteiger partial charge on any atom is 0.220 e. The normalized spacial score (nSPS) is 25.1. The molecule has 2 atom stereocenters. The molecular formula is C15H19FN2O2. The molecule has 1 saturated heterocycles. The van der Waals surface area contributed by atoms with Gasteiger partial charge in [-0.3, -0.25) is 9.69 Å². The van der Waals surface area contributed by atoms with Crippen molar-refractivity contribution in [2.45, 2.75) is 25.6 Å². The number of likely N-dealkylation sites (tertiary alicyclic amines) is 1. The fourth-order valence-electron chi connectivity index (χ4n) is 2.39. The van der Waals surface area contributed by atoms with Gasteiger partial charge in [-0.15, -0.1) is 0 Å². The summed E-state index contributed by atoms with van der Waals surface area (Å²) in [5.74, 6) is -0.206. The highest BCUT2D eigenvalue weighted by Crippen LogP contribution is 2.25. The first kappa shape index (κ1) is 14.7. The molecule has 0 aliphatic carbocycles. The van der Waals surface area contributed by atoms with Crippen molar-refractivity contribution < 1.29 is 14.3 Å². The van der Waals surface area contributed by atoms with Crippen LogP contribution in [0.4, 0.5) is 4.39 Å². The molecule has 4 nitrogen and oxygen atoms in total. The van der Waals surface area contributed by atoms with Crippen LogP contribution in [0.3, 0.4) is 0 Å². The summed E-state index contributed by atoms with van der Waals surface area (Å²) in [6.45, 7) is 1.80. The Morgan fingerprint density at radius 3 is 2.80 bits per heavy atom. The van der Waals surface area contributed by atoms with E-state index in [9.17, 15) is 14.3 Å². The van der Waals surface area contributed by atoms with Gasteiger partial charge < -0.3 is 10.4 Å². The van der Waals surface area contributed by atoms with E-state index < -0.39 is 18.8 Å². The summed E-state index contributed by atoms with van der Waals surface area (Å²) < 4.78 is 13.2. The van der Waals surface area contributed by atoms with Crippen molar-refractivity contribution in [2.24, 2.45) is 0 Å². The predicted molar refractivity (Wildman–Crippen MR) is 74.5 cm³/mol. The number of nitrogens with one attached hydrogen (secondary N) is 1. The van der Waals surface area contributed by atoms with Crippen LogP contribution in [-0.2, 0) is 11.3 Å². The molecule has 2 rings (SSSR count). The van der Waals surface area contributed by atoms with Crippen LogP contribution in [0, 0.1) is 0 Å². The first-order valence-corrected chi connectivity index (χ1v) is 6.60. The number of aliphatic hydroxyl groups is 1. The number of hydrogen-bond acceptors (Lipinski definition) is 3. The molecule has 0 bridgehead atoms. The molecule has 2 unspecified atom stereocenters. The highest BCUT2D eigenvalue weighted by Gasteiger charge is 2.36. The number of rotatable bonds is 4. The Labute approximate surface area is 117 Å². The number of carbonyl (C=O) groups is 1. The van der Waals surface area contributed by atoms with Crippen LogP contribution in [0.5, 0.6) is 0 Å². The van der Waals surface area contributed by atoms with Gasteiger partial charge in [-0.25, -0.2) is 4.39 Å². The maximum absolute atomic E-state index is 13.2. The number of nitrogens with zero attached hydrogens (tertiary/aromatic N) is 1. The van der Waals surface area contributed by atoms with Gasteiger partial charge in [0.2, 0.25) is 5.91 Å². The van der Waals surface area contributed by atoms with E-state index in [0.29, 0.717) is 18.7 Å². The lowest BCUT2D eigenvalue weighted by Crippen LogP contribution is -2.36. The van der Waals surface area contributed by atoms with E-state index in [1.807, 2.05) is 35.2 Å². The lowest BCUT2D eigenvalue weighted by Gasteiger charge is -2.22. The van der Waals surface area contributed by atoms with Gasteiger partial charge in [-0.2, -0.15) is 0 Å². The smallest absolute Gasteiger partial charge is 0.220 e. The fraction of sp³-hybridized carbons (Fsp3) is 0.400.